The van der Waals surface area contributed by atoms with Gasteiger partial charge in [-0.3, -0.25) is 10.1 Å². The molecule has 0 amide bonds. The standard InChI is InChI=1S/C21H22N4O3/c1-13(2)16-7-9-17(10-8-16)28-21-19(25(26)27)20(22-12-23-21)24-18-11-14(3)5-6-15(18)4/h5-13H,1-4H3,(H,22,23,24). The SMILES string of the molecule is Cc1ccc(C)c(Nc2ncnc(Oc3ccc(C(C)C)cc3)c2[N+](=O)[O-])c1. The van der Waals surface area contributed by atoms with Gasteiger partial charge >= 0.3 is 11.6 Å². The van der Waals surface area contributed by atoms with E-state index in [1.54, 1.807) is 12.1 Å². The van der Waals surface area contributed by atoms with Crippen LogP contribution in [0.15, 0.2) is 48.8 Å². The lowest BCUT2D eigenvalue weighted by molar-refractivity contribution is -0.385. The summed E-state index contributed by atoms with van der Waals surface area (Å²) >= 11 is 0. The highest BCUT2D eigenvalue weighted by molar-refractivity contribution is 5.70. The van der Waals surface area contributed by atoms with E-state index in [0.717, 1.165) is 22.4 Å². The second-order valence-electron chi connectivity index (χ2n) is 6.90. The molecular formula is C21H22N4O3. The summed E-state index contributed by atoms with van der Waals surface area (Å²) in [5, 5.41) is 14.8. The third kappa shape index (κ3) is 4.25. The first-order valence-electron chi connectivity index (χ1n) is 8.96. The second-order valence-corrected chi connectivity index (χ2v) is 6.90. The highest BCUT2D eigenvalue weighted by atomic mass is 16.6. The van der Waals surface area contributed by atoms with Crippen LogP contribution in [-0.4, -0.2) is 14.9 Å². The largest absolute Gasteiger partial charge is 0.434 e. The van der Waals surface area contributed by atoms with E-state index >= 15 is 0 Å². The topological polar surface area (TPSA) is 90.2 Å². The first-order valence-corrected chi connectivity index (χ1v) is 8.96. The minimum Gasteiger partial charge on any atom is -0.434 e. The van der Waals surface area contributed by atoms with E-state index in [4.69, 9.17) is 4.74 Å². The number of hydrogen-bond acceptors (Lipinski definition) is 6. The van der Waals surface area contributed by atoms with Gasteiger partial charge in [-0.15, -0.1) is 0 Å². The van der Waals surface area contributed by atoms with Crippen LogP contribution in [0.3, 0.4) is 0 Å². The van der Waals surface area contributed by atoms with Crippen LogP contribution in [0.1, 0.15) is 36.5 Å². The van der Waals surface area contributed by atoms with Crippen LogP contribution < -0.4 is 10.1 Å². The Kier molecular flexibility index (Phi) is 5.54. The number of hydrogen-bond donors (Lipinski definition) is 1. The van der Waals surface area contributed by atoms with E-state index < -0.39 is 4.92 Å². The fourth-order valence-corrected chi connectivity index (χ4v) is 2.72. The van der Waals surface area contributed by atoms with Crippen LogP contribution in [0.5, 0.6) is 11.6 Å². The molecule has 0 spiro atoms. The first kappa shape index (κ1) is 19.3. The van der Waals surface area contributed by atoms with E-state index in [1.165, 1.54) is 6.33 Å². The Morgan fingerprint density at radius 1 is 1.07 bits per heavy atom. The number of nitrogens with zero attached hydrogens (tertiary/aromatic N) is 3. The fraction of sp³-hybridized carbons (Fsp3) is 0.238. The molecule has 0 aliphatic carbocycles. The summed E-state index contributed by atoms with van der Waals surface area (Å²) in [5.41, 5.74) is 3.57. The van der Waals surface area contributed by atoms with Crippen LogP contribution in [0.25, 0.3) is 0 Å². The van der Waals surface area contributed by atoms with Gasteiger partial charge in [0.1, 0.15) is 12.1 Å². The van der Waals surface area contributed by atoms with E-state index in [0.29, 0.717) is 11.7 Å². The van der Waals surface area contributed by atoms with Gasteiger partial charge in [0, 0.05) is 5.69 Å². The van der Waals surface area contributed by atoms with Crippen molar-refractivity contribution in [1.82, 2.24) is 9.97 Å². The monoisotopic (exact) mass is 378 g/mol. The molecule has 1 aromatic heterocycles. The zero-order chi connectivity index (χ0) is 20.3. The normalized spacial score (nSPS) is 10.8. The minimum absolute atomic E-state index is 0.0856. The third-order valence-electron chi connectivity index (χ3n) is 4.38. The van der Waals surface area contributed by atoms with Gasteiger partial charge in [0.05, 0.1) is 4.92 Å². The van der Waals surface area contributed by atoms with Crippen molar-refractivity contribution in [2.24, 2.45) is 0 Å². The van der Waals surface area contributed by atoms with Crippen molar-refractivity contribution >= 4 is 17.2 Å². The predicted octanol–water partition coefficient (Wildman–Crippen LogP) is 5.66. The predicted molar refractivity (Wildman–Crippen MR) is 108 cm³/mol. The number of benzene rings is 2. The Morgan fingerprint density at radius 3 is 2.43 bits per heavy atom. The molecule has 0 radical (unpaired) electrons. The number of rotatable bonds is 6. The Morgan fingerprint density at radius 2 is 1.79 bits per heavy atom. The molecule has 1 heterocycles. The Hall–Kier alpha value is -3.48. The van der Waals surface area contributed by atoms with Crippen molar-refractivity contribution in [3.05, 3.63) is 75.6 Å². The van der Waals surface area contributed by atoms with Gasteiger partial charge in [-0.1, -0.05) is 38.1 Å². The summed E-state index contributed by atoms with van der Waals surface area (Å²) in [6.45, 7) is 8.06. The van der Waals surface area contributed by atoms with Gasteiger partial charge in [0.2, 0.25) is 5.82 Å². The van der Waals surface area contributed by atoms with Gasteiger partial charge < -0.3 is 10.1 Å². The molecule has 2 aromatic carbocycles. The van der Waals surface area contributed by atoms with E-state index in [2.05, 4.69) is 29.1 Å². The number of anilines is 2. The molecule has 0 atom stereocenters. The molecule has 3 aromatic rings. The lowest BCUT2D eigenvalue weighted by Crippen LogP contribution is -2.04. The van der Waals surface area contributed by atoms with Crippen molar-refractivity contribution in [2.75, 3.05) is 5.32 Å². The van der Waals surface area contributed by atoms with Crippen LogP contribution in [0.2, 0.25) is 0 Å². The van der Waals surface area contributed by atoms with Crippen LogP contribution in [0.4, 0.5) is 17.2 Å². The maximum Gasteiger partial charge on any atom is 0.373 e. The number of aromatic nitrogens is 2. The molecule has 0 bridgehead atoms. The summed E-state index contributed by atoms with van der Waals surface area (Å²) in [4.78, 5) is 19.2. The third-order valence-corrected chi connectivity index (χ3v) is 4.38. The summed E-state index contributed by atoms with van der Waals surface area (Å²) in [6.07, 6.45) is 1.25. The highest BCUT2D eigenvalue weighted by Gasteiger charge is 2.25. The smallest absolute Gasteiger partial charge is 0.373 e. The van der Waals surface area contributed by atoms with E-state index in [9.17, 15) is 10.1 Å². The maximum absolute atomic E-state index is 11.7. The summed E-state index contributed by atoms with van der Waals surface area (Å²) in [7, 11) is 0. The first-order chi connectivity index (χ1) is 13.3. The molecule has 0 saturated heterocycles. The molecular weight excluding hydrogens is 356 g/mol. The van der Waals surface area contributed by atoms with Gasteiger partial charge in [-0.25, -0.2) is 4.98 Å². The van der Waals surface area contributed by atoms with E-state index in [-0.39, 0.29) is 17.4 Å². The van der Waals surface area contributed by atoms with Gasteiger partial charge in [-0.2, -0.15) is 4.98 Å². The molecule has 3 rings (SSSR count). The van der Waals surface area contributed by atoms with Gasteiger partial charge in [0.15, 0.2) is 0 Å². The van der Waals surface area contributed by atoms with Crippen molar-refractivity contribution < 1.29 is 9.66 Å². The average Bonchev–Trinajstić information content (AvgIpc) is 2.65. The quantitative estimate of drug-likeness (QED) is 0.439. The second kappa shape index (κ2) is 8.04. The minimum atomic E-state index is -0.536. The van der Waals surface area contributed by atoms with Crippen molar-refractivity contribution in [3.63, 3.8) is 0 Å². The van der Waals surface area contributed by atoms with Crippen molar-refractivity contribution in [3.8, 4) is 11.6 Å². The Bertz CT molecular complexity index is 1000. The molecule has 7 heteroatoms. The molecule has 28 heavy (non-hydrogen) atoms. The van der Waals surface area contributed by atoms with Gasteiger partial charge in [-0.05, 0) is 54.7 Å². The zero-order valence-corrected chi connectivity index (χ0v) is 16.3. The lowest BCUT2D eigenvalue weighted by Gasteiger charge is -2.12. The van der Waals surface area contributed by atoms with E-state index in [1.807, 2.05) is 44.2 Å². The van der Waals surface area contributed by atoms with Crippen molar-refractivity contribution in [2.45, 2.75) is 33.6 Å². The van der Waals surface area contributed by atoms with Crippen LogP contribution >= 0.6 is 0 Å². The Labute approximate surface area is 163 Å². The summed E-state index contributed by atoms with van der Waals surface area (Å²) in [5.74, 6) is 0.840. The maximum atomic E-state index is 11.7. The van der Waals surface area contributed by atoms with Crippen molar-refractivity contribution in [1.29, 1.82) is 0 Å². The number of aryl methyl sites for hydroxylation is 2. The van der Waals surface area contributed by atoms with Crippen LogP contribution in [-0.2, 0) is 0 Å². The summed E-state index contributed by atoms with van der Waals surface area (Å²) < 4.78 is 5.71. The number of ether oxygens (including phenoxy) is 1. The number of nitrogens with one attached hydrogen (secondary N) is 1. The zero-order valence-electron chi connectivity index (χ0n) is 16.3. The molecule has 0 unspecified atom stereocenters. The number of nitro groups is 1. The summed E-state index contributed by atoms with van der Waals surface area (Å²) in [6, 6.07) is 13.2. The Balaban J connectivity index is 1.95. The molecule has 0 aliphatic rings. The lowest BCUT2D eigenvalue weighted by atomic mass is 10.0. The molecule has 7 nitrogen and oxygen atoms in total. The fourth-order valence-electron chi connectivity index (χ4n) is 2.72. The molecule has 1 N–H and O–H groups in total. The molecule has 144 valence electrons. The highest BCUT2D eigenvalue weighted by Crippen LogP contribution is 2.36. The molecule has 0 aliphatic heterocycles. The average molecular weight is 378 g/mol. The van der Waals surface area contributed by atoms with Crippen LogP contribution in [0, 0.1) is 24.0 Å². The molecule has 0 fully saturated rings. The van der Waals surface area contributed by atoms with Gasteiger partial charge in [0.25, 0.3) is 0 Å². The molecule has 0 saturated carbocycles.